The van der Waals surface area contributed by atoms with Crippen molar-refractivity contribution < 1.29 is 42.1 Å². The van der Waals surface area contributed by atoms with Crippen molar-refractivity contribution in [2.45, 2.75) is 200 Å². The largest absolute Gasteiger partial charge is 0.472 e. The van der Waals surface area contributed by atoms with Crippen molar-refractivity contribution in [1.29, 1.82) is 0 Å². The molecule has 0 aromatic heterocycles. The number of phosphoric acid groups is 1. The number of quaternary nitrogens is 1. The fraction of sp³-hybridized carbons (Fsp3) is 0.864. The van der Waals surface area contributed by atoms with Gasteiger partial charge < -0.3 is 18.9 Å². The number of hydrogen-bond acceptors (Lipinski definition) is 7. The lowest BCUT2D eigenvalue weighted by Crippen LogP contribution is -2.37. The Morgan fingerprint density at radius 2 is 1.00 bits per heavy atom. The van der Waals surface area contributed by atoms with Crippen LogP contribution in [0.2, 0.25) is 0 Å². The molecule has 0 aliphatic heterocycles. The maximum Gasteiger partial charge on any atom is 0.472 e. The Bertz CT molecular complexity index is 980. The number of carbonyl (C=O) groups excluding carboxylic acids is 2. The molecule has 0 fully saturated rings. The highest BCUT2D eigenvalue weighted by Gasteiger charge is 2.27. The second-order valence-electron chi connectivity index (χ2n) is 16.1. The van der Waals surface area contributed by atoms with Gasteiger partial charge in [0.25, 0.3) is 0 Å². The number of likely N-dealkylation sites (N-methyl/N-ethyl adjacent to an activating group) is 1. The average Bonchev–Trinajstić information content (AvgIpc) is 3.12. The standard InChI is InChI=1S/C44H84NO8P/c1-6-8-10-12-14-16-18-20-22-24-26-28-30-32-34-36-43(46)50-40-42(41-52-54(48,49)51-39-38-45(3,4)5)53-44(47)37-35-33-31-29-27-25-23-21-19-17-15-13-11-9-7-2/h13,15,30,32,42H,6-12,14,16-29,31,33-41H2,1-5H3/p+1/b15-13+,32-30+/t42-/m1/s1. The van der Waals surface area contributed by atoms with Gasteiger partial charge >= 0.3 is 19.8 Å². The fourth-order valence-corrected chi connectivity index (χ4v) is 6.70. The molecule has 1 unspecified atom stereocenters. The first-order valence-electron chi connectivity index (χ1n) is 22.1. The minimum atomic E-state index is -4.38. The van der Waals surface area contributed by atoms with Crippen LogP contribution in [0.5, 0.6) is 0 Å². The Kier molecular flexibility index (Phi) is 36.1. The second-order valence-corrected chi connectivity index (χ2v) is 17.5. The zero-order valence-electron chi connectivity index (χ0n) is 35.7. The summed E-state index contributed by atoms with van der Waals surface area (Å²) in [6.07, 6.45) is 39.5. The van der Waals surface area contributed by atoms with Crippen LogP contribution in [0, 0.1) is 0 Å². The third kappa shape index (κ3) is 40.2. The molecular weight excluding hydrogens is 701 g/mol. The van der Waals surface area contributed by atoms with Crippen molar-refractivity contribution in [3.8, 4) is 0 Å². The minimum Gasteiger partial charge on any atom is -0.462 e. The molecule has 0 aromatic rings. The summed E-state index contributed by atoms with van der Waals surface area (Å²) in [5.74, 6) is -0.853. The third-order valence-electron chi connectivity index (χ3n) is 9.47. The van der Waals surface area contributed by atoms with Crippen molar-refractivity contribution in [1.82, 2.24) is 0 Å². The van der Waals surface area contributed by atoms with E-state index in [1.807, 2.05) is 27.2 Å². The number of phosphoric ester groups is 1. The summed E-state index contributed by atoms with van der Waals surface area (Å²) in [4.78, 5) is 35.3. The Balaban J connectivity index is 4.38. The van der Waals surface area contributed by atoms with Gasteiger partial charge in [-0.1, -0.05) is 160 Å². The van der Waals surface area contributed by atoms with Crippen LogP contribution in [-0.4, -0.2) is 74.9 Å². The molecule has 0 aliphatic carbocycles. The van der Waals surface area contributed by atoms with E-state index in [0.717, 1.165) is 32.1 Å². The van der Waals surface area contributed by atoms with Gasteiger partial charge in [-0.2, -0.15) is 0 Å². The Labute approximate surface area is 332 Å². The molecule has 0 radical (unpaired) electrons. The molecular formula is C44H85NO8P+. The van der Waals surface area contributed by atoms with Crippen molar-refractivity contribution in [2.24, 2.45) is 0 Å². The number of hydrogen-bond donors (Lipinski definition) is 1. The molecule has 318 valence electrons. The number of nitrogens with zero attached hydrogens (tertiary/aromatic N) is 1. The van der Waals surface area contributed by atoms with E-state index in [4.69, 9.17) is 18.5 Å². The van der Waals surface area contributed by atoms with Gasteiger partial charge in [0.05, 0.1) is 27.7 Å². The number of unbranched alkanes of at least 4 members (excludes halogenated alkanes) is 22. The summed E-state index contributed by atoms with van der Waals surface area (Å²) in [6.45, 7) is 4.36. The van der Waals surface area contributed by atoms with E-state index in [2.05, 4.69) is 32.1 Å². The van der Waals surface area contributed by atoms with Gasteiger partial charge in [0.2, 0.25) is 0 Å². The summed E-state index contributed by atoms with van der Waals surface area (Å²) in [5.41, 5.74) is 0. The maximum atomic E-state index is 12.7. The Hall–Kier alpha value is -1.51. The number of esters is 2. The molecule has 10 heteroatoms. The predicted octanol–water partition coefficient (Wildman–Crippen LogP) is 12.4. The van der Waals surface area contributed by atoms with Crippen molar-refractivity contribution in [2.75, 3.05) is 47.5 Å². The highest BCUT2D eigenvalue weighted by atomic mass is 31.2. The molecule has 0 amide bonds. The van der Waals surface area contributed by atoms with Crippen molar-refractivity contribution >= 4 is 19.8 Å². The molecule has 0 heterocycles. The topological polar surface area (TPSA) is 108 Å². The van der Waals surface area contributed by atoms with Gasteiger partial charge in [0.15, 0.2) is 6.10 Å². The zero-order chi connectivity index (χ0) is 40.0. The summed E-state index contributed by atoms with van der Waals surface area (Å²) >= 11 is 0. The number of ether oxygens (including phenoxy) is 2. The SMILES string of the molecule is CCCC/C=C/CCCCCCCCCCCC(=O)O[C@H](COC(=O)CC/C=C/CCCCCCCCCCCCC)COP(=O)(O)OCC[N+](C)(C)C. The van der Waals surface area contributed by atoms with E-state index in [9.17, 15) is 19.0 Å². The van der Waals surface area contributed by atoms with Gasteiger partial charge in [-0.25, -0.2) is 4.57 Å². The van der Waals surface area contributed by atoms with Crippen LogP contribution in [-0.2, 0) is 32.7 Å². The highest BCUT2D eigenvalue weighted by Crippen LogP contribution is 2.43. The van der Waals surface area contributed by atoms with E-state index in [-0.39, 0.29) is 26.1 Å². The zero-order valence-corrected chi connectivity index (χ0v) is 36.6. The first-order chi connectivity index (χ1) is 26.0. The van der Waals surface area contributed by atoms with Crippen molar-refractivity contribution in [3.05, 3.63) is 24.3 Å². The van der Waals surface area contributed by atoms with Gasteiger partial charge in [0.1, 0.15) is 19.8 Å². The van der Waals surface area contributed by atoms with Gasteiger partial charge in [0, 0.05) is 12.8 Å². The number of rotatable bonds is 40. The van der Waals surface area contributed by atoms with Crippen LogP contribution >= 0.6 is 7.82 Å². The van der Waals surface area contributed by atoms with Crippen LogP contribution in [0.25, 0.3) is 0 Å². The van der Waals surface area contributed by atoms with Crippen LogP contribution in [0.4, 0.5) is 0 Å². The van der Waals surface area contributed by atoms with Gasteiger partial charge in [-0.3, -0.25) is 18.6 Å². The van der Waals surface area contributed by atoms with Crippen LogP contribution in [0.15, 0.2) is 24.3 Å². The first kappa shape index (κ1) is 52.5. The summed E-state index contributed by atoms with van der Waals surface area (Å²) in [7, 11) is 1.46. The number of allylic oxidation sites excluding steroid dienone is 4. The Morgan fingerprint density at radius 3 is 1.50 bits per heavy atom. The second kappa shape index (κ2) is 37.1. The lowest BCUT2D eigenvalue weighted by Gasteiger charge is -2.24. The molecule has 0 aliphatic rings. The lowest BCUT2D eigenvalue weighted by atomic mass is 10.1. The quantitative estimate of drug-likeness (QED) is 0.0215. The minimum absolute atomic E-state index is 0.0281. The smallest absolute Gasteiger partial charge is 0.462 e. The molecule has 0 aromatic carbocycles. The monoisotopic (exact) mass is 787 g/mol. The van der Waals surface area contributed by atoms with Crippen molar-refractivity contribution in [3.63, 3.8) is 0 Å². The fourth-order valence-electron chi connectivity index (χ4n) is 5.95. The Morgan fingerprint density at radius 1 is 0.556 bits per heavy atom. The maximum absolute atomic E-state index is 12.7. The molecule has 54 heavy (non-hydrogen) atoms. The molecule has 2 atom stereocenters. The lowest BCUT2D eigenvalue weighted by molar-refractivity contribution is -0.870. The van der Waals surface area contributed by atoms with E-state index >= 15 is 0 Å². The summed E-state index contributed by atoms with van der Waals surface area (Å²) < 4.78 is 34.2. The molecule has 0 saturated carbocycles. The van der Waals surface area contributed by atoms with Crippen LogP contribution in [0.1, 0.15) is 194 Å². The van der Waals surface area contributed by atoms with Crippen LogP contribution in [0.3, 0.4) is 0 Å². The molecule has 0 bridgehead atoms. The van der Waals surface area contributed by atoms with E-state index in [0.29, 0.717) is 23.9 Å². The predicted molar refractivity (Wildman–Crippen MR) is 224 cm³/mol. The molecule has 9 nitrogen and oxygen atoms in total. The average molecular weight is 787 g/mol. The van der Waals surface area contributed by atoms with Crippen LogP contribution < -0.4 is 0 Å². The van der Waals surface area contributed by atoms with E-state index in [1.165, 1.54) is 122 Å². The molecule has 0 rings (SSSR count). The van der Waals surface area contributed by atoms with E-state index < -0.39 is 32.5 Å². The van der Waals surface area contributed by atoms with Gasteiger partial charge in [-0.05, 0) is 44.9 Å². The highest BCUT2D eigenvalue weighted by molar-refractivity contribution is 7.47. The molecule has 0 spiro atoms. The third-order valence-corrected chi connectivity index (χ3v) is 10.5. The summed E-state index contributed by atoms with van der Waals surface area (Å²) in [5, 5.41) is 0. The van der Waals surface area contributed by atoms with E-state index in [1.54, 1.807) is 0 Å². The molecule has 0 saturated heterocycles. The normalized spacial score (nSPS) is 13.8. The number of carbonyl (C=O) groups is 2. The summed E-state index contributed by atoms with van der Waals surface area (Å²) in [6, 6.07) is 0. The first-order valence-corrected chi connectivity index (χ1v) is 23.6. The molecule has 1 N–H and O–H groups in total. The van der Waals surface area contributed by atoms with Gasteiger partial charge in [-0.15, -0.1) is 0 Å².